The molecule has 0 aromatic rings. The maximum Gasteiger partial charge on any atom is 0.0452 e. The Morgan fingerprint density at radius 3 is 2.69 bits per heavy atom. The van der Waals surface area contributed by atoms with Crippen LogP contribution in [0.3, 0.4) is 0 Å². The number of nitrogens with two attached hydrogens (primary N) is 1. The van der Waals surface area contributed by atoms with Crippen molar-refractivity contribution in [2.45, 2.75) is 33.1 Å². The SMILES string of the molecule is CC(C)/C(N)=C/C1=NCC2(CC2)C1. The molecule has 1 aliphatic heterocycles. The van der Waals surface area contributed by atoms with E-state index in [1.54, 1.807) is 0 Å². The van der Waals surface area contributed by atoms with Gasteiger partial charge >= 0.3 is 0 Å². The van der Waals surface area contributed by atoms with Crippen molar-refractivity contribution in [1.82, 2.24) is 0 Å². The topological polar surface area (TPSA) is 38.4 Å². The third kappa shape index (κ3) is 1.77. The van der Waals surface area contributed by atoms with Gasteiger partial charge in [0.2, 0.25) is 0 Å². The maximum atomic E-state index is 5.89. The molecular weight excluding hydrogens is 160 g/mol. The summed E-state index contributed by atoms with van der Waals surface area (Å²) in [7, 11) is 0. The molecule has 0 radical (unpaired) electrons. The Bertz CT molecular complexity index is 270. The molecule has 0 aromatic heterocycles. The minimum Gasteiger partial charge on any atom is -0.402 e. The molecule has 2 nitrogen and oxygen atoms in total. The lowest BCUT2D eigenvalue weighted by atomic mass is 10.0. The van der Waals surface area contributed by atoms with Crippen LogP contribution in [0, 0.1) is 11.3 Å². The molecular formula is C11H18N2. The summed E-state index contributed by atoms with van der Waals surface area (Å²) in [5.41, 5.74) is 8.67. The first-order valence-electron chi connectivity index (χ1n) is 5.12. The second kappa shape index (κ2) is 2.86. The standard InChI is InChI=1S/C11H18N2/c1-8(2)10(12)5-9-6-11(3-4-11)7-13-9/h5,8H,3-4,6-7,12H2,1-2H3/b10-5-. The summed E-state index contributed by atoms with van der Waals surface area (Å²) < 4.78 is 0. The van der Waals surface area contributed by atoms with Crippen molar-refractivity contribution in [2.75, 3.05) is 6.54 Å². The quantitative estimate of drug-likeness (QED) is 0.691. The molecule has 0 unspecified atom stereocenters. The van der Waals surface area contributed by atoms with Gasteiger partial charge in [-0.2, -0.15) is 0 Å². The molecule has 72 valence electrons. The van der Waals surface area contributed by atoms with Gasteiger partial charge in [0, 0.05) is 18.0 Å². The van der Waals surface area contributed by atoms with Crippen LogP contribution in [0.4, 0.5) is 0 Å². The van der Waals surface area contributed by atoms with Gasteiger partial charge in [-0.1, -0.05) is 13.8 Å². The van der Waals surface area contributed by atoms with Crippen LogP contribution in [0.5, 0.6) is 0 Å². The van der Waals surface area contributed by atoms with Crippen LogP contribution < -0.4 is 5.73 Å². The molecule has 1 fully saturated rings. The van der Waals surface area contributed by atoms with Crippen LogP contribution in [0.1, 0.15) is 33.1 Å². The fraction of sp³-hybridized carbons (Fsp3) is 0.727. The number of hydrogen-bond donors (Lipinski definition) is 1. The van der Waals surface area contributed by atoms with Gasteiger partial charge in [0.15, 0.2) is 0 Å². The Morgan fingerprint density at radius 2 is 2.23 bits per heavy atom. The normalized spacial score (nSPS) is 25.5. The molecule has 2 rings (SSSR count). The largest absolute Gasteiger partial charge is 0.402 e. The first-order valence-corrected chi connectivity index (χ1v) is 5.12. The molecule has 0 bridgehead atoms. The predicted molar refractivity (Wildman–Crippen MR) is 55.7 cm³/mol. The predicted octanol–water partition coefficient (Wildman–Crippen LogP) is 2.11. The summed E-state index contributed by atoms with van der Waals surface area (Å²) in [6.07, 6.45) is 5.99. The number of rotatable bonds is 2. The van der Waals surface area contributed by atoms with E-state index in [2.05, 4.69) is 24.9 Å². The van der Waals surface area contributed by atoms with Crippen LogP contribution in [-0.4, -0.2) is 12.3 Å². The van der Waals surface area contributed by atoms with Crippen LogP contribution in [0.25, 0.3) is 0 Å². The molecule has 13 heavy (non-hydrogen) atoms. The molecule has 1 saturated carbocycles. The van der Waals surface area contributed by atoms with Gasteiger partial charge in [0.25, 0.3) is 0 Å². The van der Waals surface area contributed by atoms with E-state index in [1.807, 2.05) is 0 Å². The van der Waals surface area contributed by atoms with Gasteiger partial charge in [0.1, 0.15) is 0 Å². The number of aliphatic imine (C=N–C) groups is 1. The minimum atomic E-state index is 0.443. The number of nitrogens with zero attached hydrogens (tertiary/aromatic N) is 1. The highest BCUT2D eigenvalue weighted by Crippen LogP contribution is 2.52. The van der Waals surface area contributed by atoms with Crippen molar-refractivity contribution in [2.24, 2.45) is 22.1 Å². The lowest BCUT2D eigenvalue weighted by Crippen LogP contribution is -2.08. The highest BCUT2D eigenvalue weighted by molar-refractivity contribution is 5.97. The fourth-order valence-corrected chi connectivity index (χ4v) is 1.73. The maximum absolute atomic E-state index is 5.89. The van der Waals surface area contributed by atoms with Gasteiger partial charge in [-0.3, -0.25) is 4.99 Å². The lowest BCUT2D eigenvalue weighted by molar-refractivity contribution is 0.586. The van der Waals surface area contributed by atoms with E-state index < -0.39 is 0 Å². The zero-order chi connectivity index (χ0) is 9.47. The van der Waals surface area contributed by atoms with Gasteiger partial charge in [-0.15, -0.1) is 0 Å². The molecule has 0 amide bonds. The van der Waals surface area contributed by atoms with Crippen molar-refractivity contribution in [3.05, 3.63) is 11.8 Å². The number of allylic oxidation sites excluding steroid dienone is 2. The Kier molecular flexibility index (Phi) is 1.94. The average molecular weight is 178 g/mol. The van der Waals surface area contributed by atoms with E-state index in [-0.39, 0.29) is 0 Å². The van der Waals surface area contributed by atoms with Gasteiger partial charge in [0.05, 0.1) is 0 Å². The number of hydrogen-bond acceptors (Lipinski definition) is 2. The molecule has 0 atom stereocenters. The van der Waals surface area contributed by atoms with Gasteiger partial charge in [-0.25, -0.2) is 0 Å². The van der Waals surface area contributed by atoms with Gasteiger partial charge < -0.3 is 5.73 Å². The van der Waals surface area contributed by atoms with E-state index in [0.29, 0.717) is 11.3 Å². The molecule has 1 aliphatic carbocycles. The molecule has 1 heterocycles. The van der Waals surface area contributed by atoms with E-state index in [9.17, 15) is 0 Å². The van der Waals surface area contributed by atoms with Crippen molar-refractivity contribution in [3.8, 4) is 0 Å². The third-order valence-electron chi connectivity index (χ3n) is 3.13. The van der Waals surface area contributed by atoms with E-state index in [1.165, 1.54) is 25.0 Å². The highest BCUT2D eigenvalue weighted by Gasteiger charge is 2.45. The first-order chi connectivity index (χ1) is 6.11. The molecule has 2 N–H and O–H groups in total. The second-order valence-electron chi connectivity index (χ2n) is 4.78. The molecule has 0 saturated heterocycles. The lowest BCUT2D eigenvalue weighted by Gasteiger charge is -2.05. The average Bonchev–Trinajstić information content (AvgIpc) is 2.68. The molecule has 1 spiro atoms. The summed E-state index contributed by atoms with van der Waals surface area (Å²) in [5, 5.41) is 0. The smallest absolute Gasteiger partial charge is 0.0452 e. The zero-order valence-electron chi connectivity index (χ0n) is 8.51. The van der Waals surface area contributed by atoms with E-state index in [0.717, 1.165) is 12.2 Å². The molecule has 0 aromatic carbocycles. The van der Waals surface area contributed by atoms with Crippen molar-refractivity contribution in [3.63, 3.8) is 0 Å². The highest BCUT2D eigenvalue weighted by atomic mass is 14.8. The first kappa shape index (κ1) is 8.79. The Hall–Kier alpha value is -0.790. The van der Waals surface area contributed by atoms with Crippen molar-refractivity contribution >= 4 is 5.71 Å². The zero-order valence-corrected chi connectivity index (χ0v) is 8.51. The summed E-state index contributed by atoms with van der Waals surface area (Å²) in [6, 6.07) is 0. The summed E-state index contributed by atoms with van der Waals surface area (Å²) in [5.74, 6) is 0.443. The third-order valence-corrected chi connectivity index (χ3v) is 3.13. The van der Waals surface area contributed by atoms with Crippen molar-refractivity contribution < 1.29 is 0 Å². The van der Waals surface area contributed by atoms with Crippen LogP contribution >= 0.6 is 0 Å². The van der Waals surface area contributed by atoms with Gasteiger partial charge in [-0.05, 0) is 36.7 Å². The van der Waals surface area contributed by atoms with Crippen LogP contribution in [0.2, 0.25) is 0 Å². The van der Waals surface area contributed by atoms with Crippen LogP contribution in [0.15, 0.2) is 16.8 Å². The summed E-state index contributed by atoms with van der Waals surface area (Å²) in [4.78, 5) is 4.53. The Morgan fingerprint density at radius 1 is 1.54 bits per heavy atom. The van der Waals surface area contributed by atoms with E-state index in [4.69, 9.17) is 5.73 Å². The van der Waals surface area contributed by atoms with Crippen molar-refractivity contribution in [1.29, 1.82) is 0 Å². The second-order valence-corrected chi connectivity index (χ2v) is 4.78. The Labute approximate surface area is 79.9 Å². The van der Waals surface area contributed by atoms with E-state index >= 15 is 0 Å². The Balaban J connectivity index is 1.99. The van der Waals surface area contributed by atoms with Crippen LogP contribution in [-0.2, 0) is 0 Å². The summed E-state index contributed by atoms with van der Waals surface area (Å²) in [6.45, 7) is 5.28. The molecule has 2 aliphatic rings. The minimum absolute atomic E-state index is 0.443. The summed E-state index contributed by atoms with van der Waals surface area (Å²) >= 11 is 0. The monoisotopic (exact) mass is 178 g/mol. The fourth-order valence-electron chi connectivity index (χ4n) is 1.73. The molecule has 2 heteroatoms.